The van der Waals surface area contributed by atoms with E-state index in [1.807, 2.05) is 4.57 Å². The number of carboxylic acid groups (broad SMARTS) is 1. The molecule has 0 atom stereocenters. The number of aromatic carboxylic acids is 1. The first-order valence-corrected chi connectivity index (χ1v) is 9.28. The Balaban J connectivity index is 0.000000278. The summed E-state index contributed by atoms with van der Waals surface area (Å²) in [5, 5.41) is 8.34. The lowest BCUT2D eigenvalue weighted by Gasteiger charge is -2.18. The lowest BCUT2D eigenvalue weighted by atomic mass is 10.3. The number of pyridine rings is 1. The Kier molecular flexibility index (Phi) is 7.43. The van der Waals surface area contributed by atoms with Crippen molar-refractivity contribution < 1.29 is 9.90 Å². The zero-order valence-electron chi connectivity index (χ0n) is 17.1. The molecular formula is C19H26N6O4. The Hall–Kier alpha value is -3.27. The average Bonchev–Trinajstić information content (AvgIpc) is 3.16. The number of fused-ring (bicyclic) bond motifs is 1. The molecule has 0 bridgehead atoms. The van der Waals surface area contributed by atoms with Gasteiger partial charge >= 0.3 is 11.7 Å². The molecule has 0 aliphatic carbocycles. The number of likely N-dealkylation sites (N-methyl/N-ethyl adjacent to an activating group) is 1. The standard InChI is InChI=1S/C13H21N5O2.C6H5NO2/c1-5-17(6-2)7-8-18-9-14-11-10(18)12(19)16(4)13(20)15(11)3;8-6(9)5-2-1-3-7-4-5/h9H,5-8H2,1-4H3;1-4H,(H,8,9). The van der Waals surface area contributed by atoms with Crippen LogP contribution in [0.3, 0.4) is 0 Å². The van der Waals surface area contributed by atoms with Gasteiger partial charge in [-0.3, -0.25) is 18.9 Å². The van der Waals surface area contributed by atoms with Crippen molar-refractivity contribution in [2.45, 2.75) is 20.4 Å². The summed E-state index contributed by atoms with van der Waals surface area (Å²) in [6.45, 7) is 7.70. The Morgan fingerprint density at radius 3 is 2.38 bits per heavy atom. The van der Waals surface area contributed by atoms with E-state index < -0.39 is 5.97 Å². The van der Waals surface area contributed by atoms with Gasteiger partial charge in [0.1, 0.15) is 0 Å². The number of carboxylic acids is 1. The fourth-order valence-electron chi connectivity index (χ4n) is 2.84. The van der Waals surface area contributed by atoms with Gasteiger partial charge in [-0.05, 0) is 25.2 Å². The van der Waals surface area contributed by atoms with Gasteiger partial charge in [-0.1, -0.05) is 13.8 Å². The molecule has 0 saturated heterocycles. The van der Waals surface area contributed by atoms with Crippen molar-refractivity contribution in [2.24, 2.45) is 14.1 Å². The molecule has 3 aromatic heterocycles. The van der Waals surface area contributed by atoms with E-state index in [1.54, 1.807) is 19.4 Å². The molecule has 10 nitrogen and oxygen atoms in total. The minimum atomic E-state index is -0.942. The average molecular weight is 402 g/mol. The molecule has 0 aliphatic rings. The maximum atomic E-state index is 12.2. The molecule has 0 unspecified atom stereocenters. The van der Waals surface area contributed by atoms with Gasteiger partial charge in [-0.15, -0.1) is 0 Å². The van der Waals surface area contributed by atoms with Crippen LogP contribution >= 0.6 is 0 Å². The molecule has 1 N–H and O–H groups in total. The smallest absolute Gasteiger partial charge is 0.337 e. The predicted octanol–water partition coefficient (Wildman–Crippen LogP) is 0.555. The van der Waals surface area contributed by atoms with Gasteiger partial charge in [0.15, 0.2) is 11.2 Å². The normalized spacial score (nSPS) is 10.8. The van der Waals surface area contributed by atoms with Crippen LogP contribution in [0.2, 0.25) is 0 Å². The number of aryl methyl sites for hydroxylation is 1. The van der Waals surface area contributed by atoms with Crippen molar-refractivity contribution in [3.63, 3.8) is 0 Å². The summed E-state index contributed by atoms with van der Waals surface area (Å²) in [7, 11) is 3.12. The van der Waals surface area contributed by atoms with Crippen molar-refractivity contribution in [1.29, 1.82) is 0 Å². The summed E-state index contributed by atoms with van der Waals surface area (Å²) in [5.41, 5.74) is 0.508. The van der Waals surface area contributed by atoms with Gasteiger partial charge in [-0.25, -0.2) is 14.6 Å². The molecule has 3 rings (SSSR count). The zero-order valence-corrected chi connectivity index (χ0v) is 17.1. The highest BCUT2D eigenvalue weighted by Crippen LogP contribution is 2.05. The Bertz CT molecular complexity index is 1080. The number of nitrogens with zero attached hydrogens (tertiary/aromatic N) is 6. The fraction of sp³-hybridized carbons (Fsp3) is 0.421. The van der Waals surface area contributed by atoms with Crippen LogP contribution in [0.1, 0.15) is 24.2 Å². The van der Waals surface area contributed by atoms with Gasteiger partial charge in [0, 0.05) is 39.6 Å². The van der Waals surface area contributed by atoms with Gasteiger partial charge in [0.25, 0.3) is 5.56 Å². The molecule has 0 aliphatic heterocycles. The van der Waals surface area contributed by atoms with Gasteiger partial charge in [0.2, 0.25) is 0 Å². The lowest BCUT2D eigenvalue weighted by molar-refractivity contribution is 0.0696. The highest BCUT2D eigenvalue weighted by Gasteiger charge is 2.14. The maximum absolute atomic E-state index is 12.2. The molecule has 0 radical (unpaired) electrons. The van der Waals surface area contributed by atoms with Crippen LogP contribution in [-0.2, 0) is 20.6 Å². The van der Waals surface area contributed by atoms with E-state index in [0.717, 1.165) is 24.2 Å². The van der Waals surface area contributed by atoms with Crippen LogP contribution < -0.4 is 11.2 Å². The molecule has 3 heterocycles. The second-order valence-electron chi connectivity index (χ2n) is 6.39. The fourth-order valence-corrected chi connectivity index (χ4v) is 2.84. The van der Waals surface area contributed by atoms with E-state index in [0.29, 0.717) is 17.7 Å². The van der Waals surface area contributed by atoms with Crippen molar-refractivity contribution in [3.8, 4) is 0 Å². The summed E-state index contributed by atoms with van der Waals surface area (Å²) in [6, 6.07) is 3.08. The Morgan fingerprint density at radius 1 is 1.17 bits per heavy atom. The minimum Gasteiger partial charge on any atom is -0.478 e. The van der Waals surface area contributed by atoms with Crippen LogP contribution in [0.25, 0.3) is 11.2 Å². The third kappa shape index (κ3) is 4.96. The van der Waals surface area contributed by atoms with E-state index in [-0.39, 0.29) is 16.8 Å². The zero-order chi connectivity index (χ0) is 21.6. The highest BCUT2D eigenvalue weighted by molar-refractivity contribution is 5.86. The summed E-state index contributed by atoms with van der Waals surface area (Å²) >= 11 is 0. The van der Waals surface area contributed by atoms with Crippen LogP contribution in [0.15, 0.2) is 40.4 Å². The van der Waals surface area contributed by atoms with Crippen molar-refractivity contribution >= 4 is 17.1 Å². The van der Waals surface area contributed by atoms with E-state index in [9.17, 15) is 14.4 Å². The Morgan fingerprint density at radius 2 is 1.86 bits per heavy atom. The van der Waals surface area contributed by atoms with Crippen LogP contribution in [0.5, 0.6) is 0 Å². The summed E-state index contributed by atoms with van der Waals surface area (Å²) in [6.07, 6.45) is 4.48. The molecule has 0 aromatic carbocycles. The summed E-state index contributed by atoms with van der Waals surface area (Å²) < 4.78 is 4.36. The second-order valence-corrected chi connectivity index (χ2v) is 6.39. The topological polar surface area (TPSA) is 115 Å². The third-order valence-corrected chi connectivity index (χ3v) is 4.68. The van der Waals surface area contributed by atoms with Crippen molar-refractivity contribution in [1.82, 2.24) is 28.6 Å². The van der Waals surface area contributed by atoms with Crippen LogP contribution in [0, 0.1) is 0 Å². The third-order valence-electron chi connectivity index (χ3n) is 4.68. The molecular weight excluding hydrogens is 376 g/mol. The second kappa shape index (κ2) is 9.78. The predicted molar refractivity (Wildman–Crippen MR) is 109 cm³/mol. The van der Waals surface area contributed by atoms with Crippen LogP contribution in [0.4, 0.5) is 0 Å². The monoisotopic (exact) mass is 402 g/mol. The summed E-state index contributed by atoms with van der Waals surface area (Å²) in [4.78, 5) is 44.3. The van der Waals surface area contributed by atoms with E-state index in [1.165, 1.54) is 30.1 Å². The van der Waals surface area contributed by atoms with E-state index >= 15 is 0 Å². The van der Waals surface area contributed by atoms with Crippen molar-refractivity contribution in [2.75, 3.05) is 19.6 Å². The van der Waals surface area contributed by atoms with Crippen LogP contribution in [-0.4, -0.2) is 59.3 Å². The molecule has 0 saturated carbocycles. The quantitative estimate of drug-likeness (QED) is 0.640. The van der Waals surface area contributed by atoms with E-state index in [2.05, 4.69) is 28.7 Å². The first kappa shape index (κ1) is 22.0. The molecule has 156 valence electrons. The SMILES string of the molecule is CCN(CC)CCn1cnc2c1c(=O)n(C)c(=O)n2C.O=C(O)c1cccnc1. The van der Waals surface area contributed by atoms with Gasteiger partial charge < -0.3 is 14.6 Å². The highest BCUT2D eigenvalue weighted by atomic mass is 16.4. The van der Waals surface area contributed by atoms with Crippen molar-refractivity contribution in [3.05, 3.63) is 57.3 Å². The number of carbonyl (C=O) groups is 1. The number of hydrogen-bond acceptors (Lipinski definition) is 6. The molecule has 3 aromatic rings. The summed E-state index contributed by atoms with van der Waals surface area (Å²) in [5.74, 6) is -0.942. The lowest BCUT2D eigenvalue weighted by Crippen LogP contribution is -2.38. The molecule has 0 fully saturated rings. The molecule has 10 heteroatoms. The van der Waals surface area contributed by atoms with E-state index in [4.69, 9.17) is 5.11 Å². The van der Waals surface area contributed by atoms with Gasteiger partial charge in [0.05, 0.1) is 11.9 Å². The largest absolute Gasteiger partial charge is 0.478 e. The maximum Gasteiger partial charge on any atom is 0.337 e. The number of hydrogen-bond donors (Lipinski definition) is 1. The first-order chi connectivity index (χ1) is 13.8. The van der Waals surface area contributed by atoms with Gasteiger partial charge in [-0.2, -0.15) is 0 Å². The number of aromatic nitrogens is 5. The minimum absolute atomic E-state index is 0.220. The number of imidazole rings is 1. The Labute approximate surface area is 167 Å². The molecule has 0 amide bonds. The molecule has 29 heavy (non-hydrogen) atoms. The molecule has 0 spiro atoms. The number of rotatable bonds is 6. The first-order valence-electron chi connectivity index (χ1n) is 9.28.